The van der Waals surface area contributed by atoms with Crippen molar-refractivity contribution >= 4 is 5.69 Å². The minimum absolute atomic E-state index is 0.550. The van der Waals surface area contributed by atoms with E-state index < -0.39 is 0 Å². The lowest BCUT2D eigenvalue weighted by Gasteiger charge is -2.51. The molecule has 0 aliphatic heterocycles. The largest absolute Gasteiger partial charge is 0.377 e. The van der Waals surface area contributed by atoms with Crippen LogP contribution in [-0.4, -0.2) is 14.1 Å². The molecule has 27 heavy (non-hydrogen) atoms. The Hall–Kier alpha value is -1.50. The SMILES string of the molecule is CN(C)c1ccccc1[C@H]1C[C@]2(C)CCC[C@H]2[C@@H]2CCC3=CCCCC3=C21. The molecule has 5 rings (SSSR count). The first-order chi connectivity index (χ1) is 13.1. The molecule has 0 amide bonds. The van der Waals surface area contributed by atoms with Crippen LogP contribution in [0.3, 0.4) is 0 Å². The van der Waals surface area contributed by atoms with Crippen molar-refractivity contribution in [3.05, 3.63) is 52.6 Å². The van der Waals surface area contributed by atoms with Gasteiger partial charge in [0.2, 0.25) is 0 Å². The molecule has 2 saturated carbocycles. The lowest BCUT2D eigenvalue weighted by molar-refractivity contribution is 0.106. The molecule has 0 heterocycles. The number of anilines is 1. The van der Waals surface area contributed by atoms with Crippen LogP contribution in [0.2, 0.25) is 0 Å². The van der Waals surface area contributed by atoms with Crippen LogP contribution in [0.4, 0.5) is 5.69 Å². The van der Waals surface area contributed by atoms with E-state index in [0.717, 1.165) is 11.8 Å². The third kappa shape index (κ3) is 2.72. The molecular formula is C26H35N. The molecule has 0 radical (unpaired) electrons. The summed E-state index contributed by atoms with van der Waals surface area (Å²) < 4.78 is 0. The molecule has 144 valence electrons. The van der Waals surface area contributed by atoms with E-state index in [1.54, 1.807) is 16.7 Å². The minimum atomic E-state index is 0.550. The van der Waals surface area contributed by atoms with Crippen molar-refractivity contribution in [3.63, 3.8) is 0 Å². The van der Waals surface area contributed by atoms with Gasteiger partial charge in [-0.05, 0) is 91.4 Å². The second-order valence-electron chi connectivity index (χ2n) is 10.1. The van der Waals surface area contributed by atoms with Crippen molar-refractivity contribution in [2.75, 3.05) is 19.0 Å². The van der Waals surface area contributed by atoms with Gasteiger partial charge in [0.15, 0.2) is 0 Å². The van der Waals surface area contributed by atoms with Crippen molar-refractivity contribution in [1.82, 2.24) is 0 Å². The van der Waals surface area contributed by atoms with E-state index in [1.807, 2.05) is 5.57 Å². The Morgan fingerprint density at radius 2 is 1.89 bits per heavy atom. The second-order valence-corrected chi connectivity index (χ2v) is 10.1. The summed E-state index contributed by atoms with van der Waals surface area (Å²) >= 11 is 0. The lowest BCUT2D eigenvalue weighted by Crippen LogP contribution is -2.40. The van der Waals surface area contributed by atoms with Crippen LogP contribution in [-0.2, 0) is 0 Å². The number of allylic oxidation sites excluding steroid dienone is 4. The number of hydrogen-bond donors (Lipinski definition) is 0. The molecule has 0 aromatic heterocycles. The number of benzene rings is 1. The standard InChI is InChI=1S/C26H35N/c1-26-16-8-12-23(26)21-15-14-18-9-4-5-10-19(18)25(21)22(17-26)20-11-6-7-13-24(20)27(2)3/h6-7,9,11,13,21-23H,4-5,8,10,12,14-17H2,1-3H3/t21-,22+,23-,26-/m0/s1. The van der Waals surface area contributed by atoms with Gasteiger partial charge in [-0.3, -0.25) is 0 Å². The van der Waals surface area contributed by atoms with Crippen molar-refractivity contribution < 1.29 is 0 Å². The van der Waals surface area contributed by atoms with Gasteiger partial charge in [-0.15, -0.1) is 0 Å². The highest BCUT2D eigenvalue weighted by molar-refractivity contribution is 5.59. The molecule has 0 saturated heterocycles. The summed E-state index contributed by atoms with van der Waals surface area (Å²) in [5.41, 5.74) is 8.97. The van der Waals surface area contributed by atoms with E-state index in [0.29, 0.717) is 11.3 Å². The molecule has 0 bridgehead atoms. The number of fused-ring (bicyclic) bond motifs is 4. The van der Waals surface area contributed by atoms with Gasteiger partial charge >= 0.3 is 0 Å². The van der Waals surface area contributed by atoms with Crippen LogP contribution >= 0.6 is 0 Å². The zero-order valence-electron chi connectivity index (χ0n) is 17.4. The van der Waals surface area contributed by atoms with Crippen molar-refractivity contribution in [1.29, 1.82) is 0 Å². The predicted octanol–water partition coefficient (Wildman–Crippen LogP) is 6.86. The summed E-state index contributed by atoms with van der Waals surface area (Å²) in [4.78, 5) is 2.33. The van der Waals surface area contributed by atoms with Crippen LogP contribution in [0.15, 0.2) is 47.1 Å². The Labute approximate surface area is 165 Å². The summed E-state index contributed by atoms with van der Waals surface area (Å²) in [5.74, 6) is 2.41. The fourth-order valence-corrected chi connectivity index (χ4v) is 7.24. The van der Waals surface area contributed by atoms with Crippen LogP contribution in [0, 0.1) is 17.3 Å². The molecule has 1 heteroatoms. The van der Waals surface area contributed by atoms with Crippen LogP contribution in [0.1, 0.15) is 76.2 Å². The number of hydrogen-bond acceptors (Lipinski definition) is 1. The minimum Gasteiger partial charge on any atom is -0.377 e. The molecule has 4 aliphatic carbocycles. The third-order valence-corrected chi connectivity index (χ3v) is 8.37. The number of para-hydroxylation sites is 1. The highest BCUT2D eigenvalue weighted by Gasteiger charge is 2.52. The molecule has 1 aromatic rings. The van der Waals surface area contributed by atoms with Gasteiger partial charge in [-0.1, -0.05) is 43.2 Å². The van der Waals surface area contributed by atoms with Crippen LogP contribution < -0.4 is 4.90 Å². The van der Waals surface area contributed by atoms with Crippen LogP contribution in [0.25, 0.3) is 0 Å². The van der Waals surface area contributed by atoms with E-state index >= 15 is 0 Å². The fourth-order valence-electron chi connectivity index (χ4n) is 7.24. The first-order valence-corrected chi connectivity index (χ1v) is 11.3. The second kappa shape index (κ2) is 6.54. The Balaban J connectivity index is 1.70. The van der Waals surface area contributed by atoms with E-state index in [2.05, 4.69) is 56.3 Å². The van der Waals surface area contributed by atoms with E-state index in [9.17, 15) is 0 Å². The maximum atomic E-state index is 2.63. The van der Waals surface area contributed by atoms with Gasteiger partial charge < -0.3 is 4.90 Å². The summed E-state index contributed by atoms with van der Waals surface area (Å²) in [6, 6.07) is 9.25. The molecule has 2 fully saturated rings. The van der Waals surface area contributed by atoms with E-state index in [1.165, 1.54) is 63.5 Å². The summed E-state index contributed by atoms with van der Waals surface area (Å²) in [6.07, 6.45) is 15.1. The maximum Gasteiger partial charge on any atom is 0.0399 e. The zero-order chi connectivity index (χ0) is 18.6. The van der Waals surface area contributed by atoms with Crippen LogP contribution in [0.5, 0.6) is 0 Å². The van der Waals surface area contributed by atoms with Gasteiger partial charge in [0.25, 0.3) is 0 Å². The Bertz CT molecular complexity index is 798. The van der Waals surface area contributed by atoms with Gasteiger partial charge in [-0.2, -0.15) is 0 Å². The van der Waals surface area contributed by atoms with Crippen molar-refractivity contribution in [2.45, 2.75) is 70.6 Å². The topological polar surface area (TPSA) is 3.24 Å². The van der Waals surface area contributed by atoms with Gasteiger partial charge in [0.1, 0.15) is 0 Å². The highest BCUT2D eigenvalue weighted by atomic mass is 15.1. The molecule has 4 atom stereocenters. The first kappa shape index (κ1) is 17.6. The average molecular weight is 362 g/mol. The molecule has 0 N–H and O–H groups in total. The lowest BCUT2D eigenvalue weighted by atomic mass is 9.53. The molecule has 4 aliphatic rings. The maximum absolute atomic E-state index is 2.63. The summed E-state index contributed by atoms with van der Waals surface area (Å²) in [7, 11) is 4.42. The Morgan fingerprint density at radius 3 is 2.74 bits per heavy atom. The molecule has 0 unspecified atom stereocenters. The van der Waals surface area contributed by atoms with Crippen molar-refractivity contribution in [3.8, 4) is 0 Å². The first-order valence-electron chi connectivity index (χ1n) is 11.3. The normalized spacial score (nSPS) is 35.2. The molecule has 1 aromatic carbocycles. The number of nitrogens with zero attached hydrogens (tertiary/aromatic N) is 1. The van der Waals surface area contributed by atoms with Gasteiger partial charge in [0, 0.05) is 25.7 Å². The monoisotopic (exact) mass is 361 g/mol. The average Bonchev–Trinajstić information content (AvgIpc) is 3.08. The van der Waals surface area contributed by atoms with E-state index in [-0.39, 0.29) is 0 Å². The quantitative estimate of drug-likeness (QED) is 0.556. The number of rotatable bonds is 2. The molecule has 0 spiro atoms. The molecule has 1 nitrogen and oxygen atoms in total. The third-order valence-electron chi connectivity index (χ3n) is 8.37. The Kier molecular flexibility index (Phi) is 4.26. The smallest absolute Gasteiger partial charge is 0.0399 e. The van der Waals surface area contributed by atoms with E-state index in [4.69, 9.17) is 0 Å². The highest BCUT2D eigenvalue weighted by Crippen LogP contribution is 2.64. The molecular weight excluding hydrogens is 326 g/mol. The predicted molar refractivity (Wildman–Crippen MR) is 115 cm³/mol. The summed E-state index contributed by atoms with van der Waals surface area (Å²) in [6.45, 7) is 2.63. The fraction of sp³-hybridized carbons (Fsp3) is 0.615. The van der Waals surface area contributed by atoms with Gasteiger partial charge in [0.05, 0.1) is 0 Å². The summed E-state index contributed by atoms with van der Waals surface area (Å²) in [5, 5.41) is 0. The zero-order valence-corrected chi connectivity index (χ0v) is 17.4. The van der Waals surface area contributed by atoms with Gasteiger partial charge in [-0.25, -0.2) is 0 Å². The Morgan fingerprint density at radius 1 is 1.04 bits per heavy atom. The van der Waals surface area contributed by atoms with Crippen molar-refractivity contribution in [2.24, 2.45) is 17.3 Å².